The number of carbonyl (C=O) groups excluding carboxylic acids is 1. The average Bonchev–Trinajstić information content (AvgIpc) is 2.86. The number of rotatable bonds is 2. The Hall–Kier alpha value is -2.13. The fraction of sp³-hybridized carbons (Fsp3) is 0.182. The van der Waals surface area contributed by atoms with Crippen LogP contribution in [0.3, 0.4) is 0 Å². The van der Waals surface area contributed by atoms with Gasteiger partial charge in [-0.25, -0.2) is 14.3 Å². The van der Waals surface area contributed by atoms with Crippen LogP contribution >= 0.6 is 11.8 Å². The van der Waals surface area contributed by atoms with E-state index in [1.165, 1.54) is 17.7 Å². The van der Waals surface area contributed by atoms with Gasteiger partial charge in [0.25, 0.3) is 5.91 Å². The molecule has 1 unspecified atom stereocenters. The number of aliphatic hydroxyl groups excluding tert-OH is 1. The van der Waals surface area contributed by atoms with E-state index in [0.29, 0.717) is 10.8 Å². The average molecular weight is 296 g/mol. The molecular weight excluding hydrogens is 287 g/mol. The Balaban J connectivity index is 2.00. The van der Waals surface area contributed by atoms with Gasteiger partial charge in [-0.05, 0) is 23.9 Å². The van der Waals surface area contributed by atoms with Crippen LogP contribution in [0.5, 0.6) is 0 Å². The summed E-state index contributed by atoms with van der Waals surface area (Å²) in [6, 6.07) is 2.51. The fourth-order valence-electron chi connectivity index (χ4n) is 1.85. The molecule has 0 aliphatic carbocycles. The van der Waals surface area contributed by atoms with Gasteiger partial charge >= 0.3 is 5.69 Å². The van der Waals surface area contributed by atoms with Crippen molar-refractivity contribution in [2.24, 2.45) is 7.05 Å². The number of nitrogens with zero attached hydrogens (tertiary/aromatic N) is 2. The van der Waals surface area contributed by atoms with Gasteiger partial charge in [0, 0.05) is 18.3 Å². The zero-order chi connectivity index (χ0) is 14.4. The molecule has 7 nitrogen and oxygen atoms in total. The fourth-order valence-corrected chi connectivity index (χ4v) is 2.69. The Bertz CT molecular complexity index is 770. The van der Waals surface area contributed by atoms with E-state index < -0.39 is 23.5 Å². The number of aromatic amines is 1. The number of fused-ring (bicyclic) bond motifs is 1. The maximum atomic E-state index is 14.0. The molecule has 20 heavy (non-hydrogen) atoms. The Morgan fingerprint density at radius 3 is 2.85 bits per heavy atom. The van der Waals surface area contributed by atoms with Crippen LogP contribution in [-0.4, -0.2) is 25.8 Å². The van der Waals surface area contributed by atoms with Gasteiger partial charge in [0.2, 0.25) is 0 Å². The summed E-state index contributed by atoms with van der Waals surface area (Å²) in [5, 5.41) is 18.3. The number of nitrogens with one attached hydrogen (secondary N) is 2. The number of hydrogen-bond donors (Lipinski definition) is 3. The predicted molar refractivity (Wildman–Crippen MR) is 67.9 cm³/mol. The third kappa shape index (κ3) is 1.91. The summed E-state index contributed by atoms with van der Waals surface area (Å²) in [6.45, 7) is 0. The molecular formula is C11H9FN4O3S. The first kappa shape index (κ1) is 12.9. The van der Waals surface area contributed by atoms with Crippen molar-refractivity contribution in [3.05, 3.63) is 34.0 Å². The van der Waals surface area contributed by atoms with Crippen molar-refractivity contribution in [1.29, 1.82) is 0 Å². The molecule has 0 spiro atoms. The Morgan fingerprint density at radius 1 is 1.45 bits per heavy atom. The largest absolute Gasteiger partial charge is 0.378 e. The molecule has 1 aliphatic rings. The van der Waals surface area contributed by atoms with E-state index in [2.05, 4.69) is 15.5 Å². The monoisotopic (exact) mass is 296 g/mol. The van der Waals surface area contributed by atoms with Gasteiger partial charge in [0.15, 0.2) is 11.3 Å². The summed E-state index contributed by atoms with van der Waals surface area (Å²) in [4.78, 5) is 22.7. The van der Waals surface area contributed by atoms with Crippen LogP contribution in [0, 0.1) is 5.82 Å². The van der Waals surface area contributed by atoms with Crippen molar-refractivity contribution in [3.8, 4) is 0 Å². The smallest absolute Gasteiger partial charge is 0.343 e. The summed E-state index contributed by atoms with van der Waals surface area (Å²) in [5.41, 5.74) is 0.150. The molecule has 1 aliphatic heterocycles. The van der Waals surface area contributed by atoms with Crippen LogP contribution in [0.15, 0.2) is 27.0 Å². The number of halogens is 1. The van der Waals surface area contributed by atoms with Crippen LogP contribution in [0.1, 0.15) is 11.7 Å². The molecule has 2 heterocycles. The number of anilines is 1. The molecule has 3 N–H and O–H groups in total. The molecule has 0 fully saturated rings. The first-order valence-corrected chi connectivity index (χ1v) is 6.40. The molecule has 104 valence electrons. The third-order valence-corrected chi connectivity index (χ3v) is 4.03. The summed E-state index contributed by atoms with van der Waals surface area (Å²) in [5.74, 6) is -1.19. The summed E-state index contributed by atoms with van der Waals surface area (Å²) < 4.78 is 15.2. The maximum Gasteiger partial charge on any atom is 0.343 e. The minimum atomic E-state index is -1.35. The van der Waals surface area contributed by atoms with E-state index in [1.807, 2.05) is 0 Å². The lowest BCUT2D eigenvalue weighted by molar-refractivity contribution is -0.123. The standard InChI is InChI=1S/C11H9FN4O3S/c1-16-10(19)14-15-11(16)20-7-3-6-4(2-5(7)12)8(17)9(18)13-6/h2-3,8,17H,1H3,(H,13,18)(H,14,19). The van der Waals surface area contributed by atoms with Crippen LogP contribution in [0.4, 0.5) is 10.1 Å². The lowest BCUT2D eigenvalue weighted by Crippen LogP contribution is -2.12. The van der Waals surface area contributed by atoms with E-state index in [4.69, 9.17) is 0 Å². The highest BCUT2D eigenvalue weighted by atomic mass is 32.2. The van der Waals surface area contributed by atoms with Gasteiger partial charge in [0.05, 0.1) is 4.90 Å². The van der Waals surface area contributed by atoms with Crippen LogP contribution < -0.4 is 11.0 Å². The van der Waals surface area contributed by atoms with E-state index in [9.17, 15) is 19.1 Å². The highest BCUT2D eigenvalue weighted by Gasteiger charge is 2.30. The highest BCUT2D eigenvalue weighted by molar-refractivity contribution is 7.99. The van der Waals surface area contributed by atoms with Crippen molar-refractivity contribution < 1.29 is 14.3 Å². The second-order valence-corrected chi connectivity index (χ2v) is 5.24. The van der Waals surface area contributed by atoms with Crippen LogP contribution in [0.25, 0.3) is 0 Å². The van der Waals surface area contributed by atoms with Crippen molar-refractivity contribution in [2.75, 3.05) is 5.32 Å². The van der Waals surface area contributed by atoms with Gasteiger partial charge in [0.1, 0.15) is 5.82 Å². The van der Waals surface area contributed by atoms with Crippen molar-refractivity contribution in [2.45, 2.75) is 16.2 Å². The quantitative estimate of drug-likeness (QED) is 0.744. The normalized spacial score (nSPS) is 17.1. The number of carbonyl (C=O) groups is 1. The van der Waals surface area contributed by atoms with Crippen molar-refractivity contribution in [3.63, 3.8) is 0 Å². The first-order valence-electron chi connectivity index (χ1n) is 5.59. The first-order chi connectivity index (χ1) is 9.47. The molecule has 0 radical (unpaired) electrons. The van der Waals surface area contributed by atoms with Gasteiger partial charge in [-0.3, -0.25) is 9.36 Å². The second-order valence-electron chi connectivity index (χ2n) is 4.23. The Labute approximate surface area is 115 Å². The SMILES string of the molecule is Cn1c(Sc2cc3c(cc2F)C(O)C(=O)N3)n[nH]c1=O. The van der Waals surface area contributed by atoms with E-state index in [0.717, 1.165) is 17.8 Å². The van der Waals surface area contributed by atoms with E-state index >= 15 is 0 Å². The van der Waals surface area contributed by atoms with Crippen molar-refractivity contribution >= 4 is 23.4 Å². The zero-order valence-corrected chi connectivity index (χ0v) is 11.0. The van der Waals surface area contributed by atoms with Gasteiger partial charge in [-0.15, -0.1) is 5.10 Å². The Morgan fingerprint density at radius 2 is 2.20 bits per heavy atom. The van der Waals surface area contributed by atoms with Crippen LogP contribution in [-0.2, 0) is 11.8 Å². The third-order valence-electron chi connectivity index (χ3n) is 2.94. The summed E-state index contributed by atoms with van der Waals surface area (Å²) in [6.07, 6.45) is -1.35. The summed E-state index contributed by atoms with van der Waals surface area (Å²) >= 11 is 0.943. The molecule has 3 rings (SSSR count). The van der Waals surface area contributed by atoms with Gasteiger partial charge < -0.3 is 10.4 Å². The molecule has 1 aromatic carbocycles. The lowest BCUT2D eigenvalue weighted by atomic mass is 10.1. The number of hydrogen-bond acceptors (Lipinski definition) is 5. The number of H-pyrrole nitrogens is 1. The highest BCUT2D eigenvalue weighted by Crippen LogP contribution is 2.37. The zero-order valence-electron chi connectivity index (χ0n) is 10.2. The van der Waals surface area contributed by atoms with E-state index in [1.54, 1.807) is 0 Å². The number of amides is 1. The molecule has 1 amide bonds. The minimum Gasteiger partial charge on any atom is -0.378 e. The minimum absolute atomic E-state index is 0.195. The maximum absolute atomic E-state index is 14.0. The molecule has 0 saturated heterocycles. The number of aromatic nitrogens is 3. The topological polar surface area (TPSA) is 100 Å². The second kappa shape index (κ2) is 4.46. The molecule has 2 aromatic rings. The Kier molecular flexibility index (Phi) is 2.87. The summed E-state index contributed by atoms with van der Waals surface area (Å²) in [7, 11) is 1.50. The van der Waals surface area contributed by atoms with Gasteiger partial charge in [-0.2, -0.15) is 0 Å². The number of aliphatic hydroxyl groups is 1. The van der Waals surface area contributed by atoms with Crippen molar-refractivity contribution in [1.82, 2.24) is 14.8 Å². The molecule has 0 bridgehead atoms. The lowest BCUT2D eigenvalue weighted by Gasteiger charge is -2.06. The van der Waals surface area contributed by atoms with E-state index in [-0.39, 0.29) is 10.5 Å². The van der Waals surface area contributed by atoms with Gasteiger partial charge in [-0.1, -0.05) is 0 Å². The molecule has 1 atom stereocenters. The predicted octanol–water partition coefficient (Wildman–Crippen LogP) is 0.384. The van der Waals surface area contributed by atoms with Crippen LogP contribution in [0.2, 0.25) is 0 Å². The molecule has 9 heteroatoms. The molecule has 0 saturated carbocycles. The number of benzene rings is 1. The molecule has 1 aromatic heterocycles.